The van der Waals surface area contributed by atoms with Gasteiger partial charge in [0.1, 0.15) is 7.85 Å². The van der Waals surface area contributed by atoms with Crippen LogP contribution in [0.15, 0.2) is 18.3 Å². The molecule has 3 N–H and O–H groups in total. The molecule has 66 valence electrons. The minimum Gasteiger partial charge on any atom is -0.305 e. The Labute approximate surface area is 77.3 Å². The van der Waals surface area contributed by atoms with Gasteiger partial charge in [0.05, 0.1) is 5.69 Å². The summed E-state index contributed by atoms with van der Waals surface area (Å²) in [5.41, 5.74) is 0.954. The van der Waals surface area contributed by atoms with Gasteiger partial charge in [0.15, 0.2) is 0 Å². The third kappa shape index (κ3) is 2.75. The summed E-state index contributed by atoms with van der Waals surface area (Å²) in [5, 5.41) is 3.45. The van der Waals surface area contributed by atoms with Crippen LogP contribution in [0.3, 0.4) is 0 Å². The van der Waals surface area contributed by atoms with E-state index in [1.54, 1.807) is 12.1 Å². The smallest absolute Gasteiger partial charge is 0.305 e. The predicted molar refractivity (Wildman–Crippen MR) is 50.6 cm³/mol. The van der Waals surface area contributed by atoms with E-state index in [0.29, 0.717) is 11.3 Å². The molecule has 5 nitrogen and oxygen atoms in total. The lowest BCUT2D eigenvalue weighted by Gasteiger charge is -2.10. The van der Waals surface area contributed by atoms with Crippen molar-refractivity contribution in [2.24, 2.45) is 5.84 Å². The van der Waals surface area contributed by atoms with Crippen molar-refractivity contribution < 1.29 is 4.79 Å². The van der Waals surface area contributed by atoms with Gasteiger partial charge in [-0.1, -0.05) is 0 Å². The van der Waals surface area contributed by atoms with Gasteiger partial charge < -0.3 is 5.32 Å². The van der Waals surface area contributed by atoms with Crippen LogP contribution in [-0.2, 0) is 0 Å². The molecule has 1 rings (SSSR count). The lowest BCUT2D eigenvalue weighted by Crippen LogP contribution is -2.36. The van der Waals surface area contributed by atoms with Crippen LogP contribution in [0, 0.1) is 0 Å². The fraction of sp³-hybridized carbons (Fsp3) is 0.143. The van der Waals surface area contributed by atoms with Crippen molar-refractivity contribution in [2.45, 2.75) is 0 Å². The molecule has 0 saturated carbocycles. The lowest BCUT2D eigenvalue weighted by atomic mass is 10.0. The normalized spacial score (nSPS) is 9.38. The van der Waals surface area contributed by atoms with E-state index < -0.39 is 6.03 Å². The first-order valence-corrected chi connectivity index (χ1v) is 3.60. The number of nitrogens with zero attached hydrogens (tertiary/aromatic N) is 2. The zero-order valence-corrected chi connectivity index (χ0v) is 7.19. The van der Waals surface area contributed by atoms with Crippen molar-refractivity contribution >= 4 is 25.2 Å². The second-order valence-corrected chi connectivity index (χ2v) is 2.51. The van der Waals surface area contributed by atoms with E-state index in [9.17, 15) is 4.79 Å². The summed E-state index contributed by atoms with van der Waals surface area (Å²) in [6.45, 7) is 0. The zero-order valence-electron chi connectivity index (χ0n) is 7.19. The van der Waals surface area contributed by atoms with Gasteiger partial charge in [-0.15, -0.1) is 0 Å². The van der Waals surface area contributed by atoms with Gasteiger partial charge >= 0.3 is 6.03 Å². The van der Waals surface area contributed by atoms with E-state index in [0.717, 1.165) is 5.01 Å². The Balaban J connectivity index is 2.65. The van der Waals surface area contributed by atoms with Crippen LogP contribution in [0.25, 0.3) is 0 Å². The molecule has 1 aromatic rings. The molecular formula is C7H9BN4O. The van der Waals surface area contributed by atoms with E-state index in [4.69, 9.17) is 13.7 Å². The SMILES string of the molecule is [B]c1ccc(NC(=O)N(C)N)cn1. The first-order valence-electron chi connectivity index (χ1n) is 3.60. The number of hydrogen-bond donors (Lipinski definition) is 2. The molecule has 0 saturated heterocycles. The summed E-state index contributed by atoms with van der Waals surface area (Å²) >= 11 is 0. The number of aromatic nitrogens is 1. The van der Waals surface area contributed by atoms with Gasteiger partial charge in [-0.25, -0.2) is 10.6 Å². The fourth-order valence-corrected chi connectivity index (χ4v) is 0.691. The van der Waals surface area contributed by atoms with E-state index in [2.05, 4.69) is 10.3 Å². The first-order chi connectivity index (χ1) is 6.09. The average molecular weight is 176 g/mol. The van der Waals surface area contributed by atoms with Crippen LogP contribution in [0.4, 0.5) is 10.5 Å². The number of anilines is 1. The van der Waals surface area contributed by atoms with Crippen molar-refractivity contribution in [1.29, 1.82) is 0 Å². The molecule has 1 aromatic heterocycles. The molecule has 1 heterocycles. The number of pyridine rings is 1. The zero-order chi connectivity index (χ0) is 9.84. The molecule has 2 radical (unpaired) electrons. The minimum atomic E-state index is -0.411. The van der Waals surface area contributed by atoms with Crippen LogP contribution in [0.1, 0.15) is 0 Å². The predicted octanol–water partition coefficient (Wildman–Crippen LogP) is -0.787. The third-order valence-electron chi connectivity index (χ3n) is 1.36. The first kappa shape index (κ1) is 9.53. The molecule has 6 heteroatoms. The number of nitrogens with two attached hydrogens (primary N) is 1. The molecule has 0 aliphatic heterocycles. The maximum Gasteiger partial charge on any atom is 0.335 e. The summed E-state index contributed by atoms with van der Waals surface area (Å²) in [6, 6.07) is 2.82. The Morgan fingerprint density at radius 1 is 1.69 bits per heavy atom. The number of urea groups is 1. The molecule has 0 spiro atoms. The molecule has 0 bridgehead atoms. The van der Waals surface area contributed by atoms with Crippen molar-refractivity contribution in [3.63, 3.8) is 0 Å². The van der Waals surface area contributed by atoms with Crippen LogP contribution < -0.4 is 16.8 Å². The molecular weight excluding hydrogens is 167 g/mol. The minimum absolute atomic E-state index is 0.402. The quantitative estimate of drug-likeness (QED) is 0.255. The summed E-state index contributed by atoms with van der Waals surface area (Å²) in [4.78, 5) is 14.8. The van der Waals surface area contributed by atoms with Gasteiger partial charge in [0.25, 0.3) is 0 Å². The summed E-state index contributed by atoms with van der Waals surface area (Å²) < 4.78 is 0. The Bertz CT molecular complexity index is 298. The highest BCUT2D eigenvalue weighted by atomic mass is 16.2. The number of nitrogens with one attached hydrogen (secondary N) is 1. The maximum absolute atomic E-state index is 11.0. The Morgan fingerprint density at radius 2 is 2.38 bits per heavy atom. The number of hydrogen-bond acceptors (Lipinski definition) is 3. The van der Waals surface area contributed by atoms with Crippen molar-refractivity contribution in [1.82, 2.24) is 9.99 Å². The van der Waals surface area contributed by atoms with E-state index >= 15 is 0 Å². The largest absolute Gasteiger partial charge is 0.335 e. The number of amides is 2. The second kappa shape index (κ2) is 3.91. The highest BCUT2D eigenvalue weighted by molar-refractivity contribution is 6.30. The topological polar surface area (TPSA) is 71.2 Å². The summed E-state index contributed by atoms with van der Waals surface area (Å²) in [5.74, 6) is 5.19. The summed E-state index contributed by atoms with van der Waals surface area (Å²) in [6.07, 6.45) is 1.46. The second-order valence-electron chi connectivity index (χ2n) is 2.51. The standard InChI is InChI=1S/C7H9BN4O/c1-12(9)7(13)11-5-2-3-6(8)10-4-5/h2-4H,9H2,1H3,(H,11,13). The molecule has 0 aromatic carbocycles. The Hall–Kier alpha value is -1.56. The van der Waals surface area contributed by atoms with Crippen molar-refractivity contribution in [3.05, 3.63) is 18.3 Å². The van der Waals surface area contributed by atoms with Crippen molar-refractivity contribution in [2.75, 3.05) is 12.4 Å². The fourth-order valence-electron chi connectivity index (χ4n) is 0.691. The highest BCUT2D eigenvalue weighted by Crippen LogP contribution is 2.01. The van der Waals surface area contributed by atoms with Gasteiger partial charge in [-0.05, 0) is 17.7 Å². The number of carbonyl (C=O) groups is 1. The number of carbonyl (C=O) groups excluding carboxylic acids is 1. The third-order valence-corrected chi connectivity index (χ3v) is 1.36. The van der Waals surface area contributed by atoms with Gasteiger partial charge in [-0.2, -0.15) is 0 Å². The van der Waals surface area contributed by atoms with Crippen LogP contribution in [-0.4, -0.2) is 30.9 Å². The molecule has 0 aliphatic rings. The van der Waals surface area contributed by atoms with Gasteiger partial charge in [0.2, 0.25) is 0 Å². The average Bonchev–Trinajstić information content (AvgIpc) is 2.08. The lowest BCUT2D eigenvalue weighted by molar-refractivity contribution is 0.223. The van der Waals surface area contributed by atoms with Crippen molar-refractivity contribution in [3.8, 4) is 0 Å². The molecule has 0 aliphatic carbocycles. The molecule has 0 atom stereocenters. The number of rotatable bonds is 1. The molecule has 0 fully saturated rings. The van der Waals surface area contributed by atoms with Gasteiger partial charge in [0, 0.05) is 13.2 Å². The van der Waals surface area contributed by atoms with Gasteiger partial charge in [-0.3, -0.25) is 9.99 Å². The molecule has 2 amide bonds. The van der Waals surface area contributed by atoms with Crippen LogP contribution in [0.2, 0.25) is 0 Å². The summed E-state index contributed by atoms with van der Waals surface area (Å²) in [7, 11) is 6.80. The highest BCUT2D eigenvalue weighted by Gasteiger charge is 2.03. The Morgan fingerprint density at radius 3 is 2.85 bits per heavy atom. The van der Waals surface area contributed by atoms with E-state index in [1.807, 2.05) is 0 Å². The van der Waals surface area contributed by atoms with E-state index in [1.165, 1.54) is 13.2 Å². The van der Waals surface area contributed by atoms with Crippen LogP contribution in [0.5, 0.6) is 0 Å². The van der Waals surface area contributed by atoms with Crippen LogP contribution >= 0.6 is 0 Å². The van der Waals surface area contributed by atoms with E-state index in [-0.39, 0.29) is 0 Å². The molecule has 13 heavy (non-hydrogen) atoms. The number of hydrazine groups is 1. The molecule has 0 unspecified atom stereocenters. The Kier molecular flexibility index (Phi) is 2.86. The monoisotopic (exact) mass is 176 g/mol. The maximum atomic E-state index is 11.0.